The van der Waals surface area contributed by atoms with E-state index in [1.807, 2.05) is 0 Å². The van der Waals surface area contributed by atoms with E-state index in [4.69, 9.17) is 5.73 Å². The summed E-state index contributed by atoms with van der Waals surface area (Å²) in [5.74, 6) is 0. The van der Waals surface area contributed by atoms with E-state index in [9.17, 15) is 8.42 Å². The number of nitrogens with zero attached hydrogens (tertiary/aromatic N) is 1. The summed E-state index contributed by atoms with van der Waals surface area (Å²) < 4.78 is 26.6. The van der Waals surface area contributed by atoms with Crippen LogP contribution in [-0.2, 0) is 10.0 Å². The van der Waals surface area contributed by atoms with Crippen LogP contribution in [-0.4, -0.2) is 25.5 Å². The second kappa shape index (κ2) is 5.62. The topological polar surface area (TPSA) is 85.1 Å². The second-order valence-electron chi connectivity index (χ2n) is 4.42. The Balaban J connectivity index is 0.00000256. The molecule has 3 N–H and O–H groups in total. The number of hydrogen-bond acceptors (Lipinski definition) is 5. The molecule has 0 atom stereocenters. The lowest BCUT2D eigenvalue weighted by molar-refractivity contribution is 0.498. The van der Waals surface area contributed by atoms with Crippen LogP contribution in [0.2, 0.25) is 0 Å². The minimum absolute atomic E-state index is 0. The Kier molecular flexibility index (Phi) is 5.55. The summed E-state index contributed by atoms with van der Waals surface area (Å²) in [4.78, 5) is 4.09. The minimum Gasteiger partial charge on any atom is -0.324 e. The van der Waals surface area contributed by atoms with Gasteiger partial charge in [0.1, 0.15) is 0 Å². The zero-order chi connectivity index (χ0) is 12.6. The van der Waals surface area contributed by atoms with Crippen molar-refractivity contribution in [1.29, 1.82) is 0 Å². The number of rotatable bonds is 4. The second-order valence-corrected chi connectivity index (χ2v) is 7.58. The molecule has 0 spiro atoms. The summed E-state index contributed by atoms with van der Waals surface area (Å²) in [6, 6.07) is 0. The van der Waals surface area contributed by atoms with Crippen molar-refractivity contribution in [3.8, 4) is 0 Å². The molecule has 1 rings (SSSR count). The molecule has 17 heavy (non-hydrogen) atoms. The Morgan fingerprint density at radius 1 is 1.41 bits per heavy atom. The van der Waals surface area contributed by atoms with Gasteiger partial charge in [-0.3, -0.25) is 0 Å². The average Bonchev–Trinajstić information content (AvgIpc) is 2.42. The first-order valence-electron chi connectivity index (χ1n) is 4.84. The Labute approximate surface area is 112 Å². The van der Waals surface area contributed by atoms with Gasteiger partial charge in [0.25, 0.3) is 10.0 Å². The molecule has 0 bridgehead atoms. The predicted molar refractivity (Wildman–Crippen MR) is 72.3 cm³/mol. The van der Waals surface area contributed by atoms with Crippen LogP contribution >= 0.6 is 23.7 Å². The number of nitrogens with one attached hydrogen (secondary N) is 1. The highest BCUT2D eigenvalue weighted by Gasteiger charge is 2.23. The van der Waals surface area contributed by atoms with Crippen molar-refractivity contribution in [2.45, 2.75) is 37.4 Å². The fraction of sp³-hybridized carbons (Fsp3) is 0.667. The van der Waals surface area contributed by atoms with Crippen LogP contribution in [0, 0.1) is 13.8 Å². The lowest BCUT2D eigenvalue weighted by atomic mass is 10.1. The fourth-order valence-corrected chi connectivity index (χ4v) is 3.86. The smallest absolute Gasteiger partial charge is 0.252 e. The molecule has 0 fully saturated rings. The van der Waals surface area contributed by atoms with Crippen molar-refractivity contribution in [1.82, 2.24) is 9.71 Å². The van der Waals surface area contributed by atoms with E-state index in [1.54, 1.807) is 27.7 Å². The Morgan fingerprint density at radius 3 is 2.29 bits per heavy atom. The van der Waals surface area contributed by atoms with Crippen molar-refractivity contribution in [3.63, 3.8) is 0 Å². The maximum absolute atomic E-state index is 11.9. The quantitative estimate of drug-likeness (QED) is 0.875. The van der Waals surface area contributed by atoms with E-state index in [0.29, 0.717) is 5.69 Å². The monoisotopic (exact) mass is 299 g/mol. The van der Waals surface area contributed by atoms with Crippen LogP contribution in [0.15, 0.2) is 4.21 Å². The third-order valence-electron chi connectivity index (χ3n) is 1.82. The molecule has 100 valence electrons. The van der Waals surface area contributed by atoms with Crippen LogP contribution in [0.5, 0.6) is 0 Å². The molecule has 1 aromatic heterocycles. The number of aromatic nitrogens is 1. The molecule has 0 saturated carbocycles. The first kappa shape index (κ1) is 16.8. The average molecular weight is 300 g/mol. The molecular weight excluding hydrogens is 282 g/mol. The molecule has 1 aromatic rings. The van der Waals surface area contributed by atoms with E-state index >= 15 is 0 Å². The number of nitrogens with two attached hydrogens (primary N) is 1. The van der Waals surface area contributed by atoms with E-state index in [2.05, 4.69) is 9.71 Å². The lowest BCUT2D eigenvalue weighted by Crippen LogP contribution is -2.44. The van der Waals surface area contributed by atoms with Crippen LogP contribution < -0.4 is 10.5 Å². The number of halogens is 1. The Morgan fingerprint density at radius 2 is 1.94 bits per heavy atom. The third kappa shape index (κ3) is 4.89. The van der Waals surface area contributed by atoms with Crippen LogP contribution in [0.25, 0.3) is 0 Å². The SMILES string of the molecule is Cc1nc(C)c(S(=O)(=O)NCC(C)(C)N)s1.Cl. The zero-order valence-corrected chi connectivity index (χ0v) is 12.7. The number of sulfonamides is 1. The van der Waals surface area contributed by atoms with Crippen molar-refractivity contribution in [2.24, 2.45) is 5.73 Å². The summed E-state index contributed by atoms with van der Waals surface area (Å²) in [6.07, 6.45) is 0. The normalized spacial score (nSPS) is 12.3. The van der Waals surface area contributed by atoms with Gasteiger partial charge >= 0.3 is 0 Å². The van der Waals surface area contributed by atoms with Gasteiger partial charge in [0.15, 0.2) is 4.21 Å². The van der Waals surface area contributed by atoms with Gasteiger partial charge in [0.2, 0.25) is 0 Å². The van der Waals surface area contributed by atoms with Gasteiger partial charge < -0.3 is 5.73 Å². The molecule has 5 nitrogen and oxygen atoms in total. The summed E-state index contributed by atoms with van der Waals surface area (Å²) in [7, 11) is -3.48. The summed E-state index contributed by atoms with van der Waals surface area (Å²) in [5, 5.41) is 0.741. The van der Waals surface area contributed by atoms with Gasteiger partial charge in [0, 0.05) is 12.1 Å². The fourth-order valence-electron chi connectivity index (χ4n) is 1.11. The maximum atomic E-state index is 11.9. The van der Waals surface area contributed by atoms with E-state index in [0.717, 1.165) is 5.01 Å². The van der Waals surface area contributed by atoms with Gasteiger partial charge in [-0.25, -0.2) is 18.1 Å². The Bertz CT molecular complexity index is 477. The predicted octanol–water partition coefficient (Wildman–Crippen LogP) is 1.20. The molecule has 0 amide bonds. The van der Waals surface area contributed by atoms with Gasteiger partial charge in [0.05, 0.1) is 10.7 Å². The zero-order valence-electron chi connectivity index (χ0n) is 10.3. The highest BCUT2D eigenvalue weighted by atomic mass is 35.5. The van der Waals surface area contributed by atoms with E-state index in [1.165, 1.54) is 11.3 Å². The molecule has 0 aromatic carbocycles. The van der Waals surface area contributed by atoms with Crippen molar-refractivity contribution in [2.75, 3.05) is 6.54 Å². The Hall–Kier alpha value is -0.210. The summed E-state index contributed by atoms with van der Waals surface area (Å²) in [5.41, 5.74) is 5.69. The molecule has 0 saturated heterocycles. The molecule has 1 heterocycles. The van der Waals surface area contributed by atoms with Crippen molar-refractivity contribution < 1.29 is 8.42 Å². The minimum atomic E-state index is -3.48. The van der Waals surface area contributed by atoms with Crippen molar-refractivity contribution >= 4 is 33.8 Å². The maximum Gasteiger partial charge on any atom is 0.252 e. The summed E-state index contributed by atoms with van der Waals surface area (Å²) in [6.45, 7) is 7.20. The first-order valence-corrected chi connectivity index (χ1v) is 7.14. The standard InChI is InChI=1S/C9H17N3O2S2.ClH/c1-6-8(15-7(2)12-6)16(13,14)11-5-9(3,4)10;/h11H,5,10H2,1-4H3;1H. The molecule has 0 unspecified atom stereocenters. The van der Waals surface area contributed by atoms with Gasteiger partial charge in [-0.15, -0.1) is 23.7 Å². The van der Waals surface area contributed by atoms with Crippen molar-refractivity contribution in [3.05, 3.63) is 10.7 Å². The van der Waals surface area contributed by atoms with Crippen LogP contribution in [0.3, 0.4) is 0 Å². The lowest BCUT2D eigenvalue weighted by Gasteiger charge is -2.18. The molecule has 0 aliphatic carbocycles. The van der Waals surface area contributed by atoms with Gasteiger partial charge in [-0.1, -0.05) is 0 Å². The highest BCUT2D eigenvalue weighted by Crippen LogP contribution is 2.22. The number of aryl methyl sites for hydroxylation is 2. The van der Waals surface area contributed by atoms with E-state index in [-0.39, 0.29) is 23.2 Å². The highest BCUT2D eigenvalue weighted by molar-refractivity contribution is 7.91. The molecule has 0 aliphatic heterocycles. The van der Waals surface area contributed by atoms with Crippen LogP contribution in [0.1, 0.15) is 24.5 Å². The summed E-state index contributed by atoms with van der Waals surface area (Å²) >= 11 is 1.17. The molecular formula is C9H18ClN3O2S2. The first-order chi connectivity index (χ1) is 7.12. The molecule has 8 heteroatoms. The number of hydrogen-bond donors (Lipinski definition) is 2. The molecule has 0 radical (unpaired) electrons. The molecule has 0 aliphatic rings. The van der Waals surface area contributed by atoms with Gasteiger partial charge in [-0.05, 0) is 27.7 Å². The third-order valence-corrected chi connectivity index (χ3v) is 4.91. The van der Waals surface area contributed by atoms with E-state index < -0.39 is 15.6 Å². The van der Waals surface area contributed by atoms with Gasteiger partial charge in [-0.2, -0.15) is 0 Å². The number of thiazole rings is 1. The van der Waals surface area contributed by atoms with Crippen LogP contribution in [0.4, 0.5) is 0 Å². The largest absolute Gasteiger partial charge is 0.324 e.